The number of anilines is 1. The van der Waals surface area contributed by atoms with Crippen molar-refractivity contribution >= 4 is 11.8 Å². The predicted octanol–water partition coefficient (Wildman–Crippen LogP) is 0.780. The van der Waals surface area contributed by atoms with Crippen molar-refractivity contribution < 1.29 is 14.6 Å². The zero-order chi connectivity index (χ0) is 13.8. The number of aliphatic hydroxyl groups is 1. The van der Waals surface area contributed by atoms with Crippen LogP contribution in [0.15, 0.2) is 6.07 Å². The topological polar surface area (TPSA) is 75.5 Å². The van der Waals surface area contributed by atoms with Crippen molar-refractivity contribution in [3.63, 3.8) is 0 Å². The summed E-state index contributed by atoms with van der Waals surface area (Å²) in [6.45, 7) is 3.65. The molecular formula is C13H19N3O3. The minimum atomic E-state index is -0.527. The van der Waals surface area contributed by atoms with Crippen LogP contribution in [0.1, 0.15) is 29.2 Å². The number of hydrogen-bond donors (Lipinski definition) is 1. The van der Waals surface area contributed by atoms with Gasteiger partial charge in [0.05, 0.1) is 7.11 Å². The van der Waals surface area contributed by atoms with E-state index in [0.29, 0.717) is 0 Å². The van der Waals surface area contributed by atoms with Crippen molar-refractivity contribution in [2.45, 2.75) is 19.8 Å². The van der Waals surface area contributed by atoms with Gasteiger partial charge in [0.1, 0.15) is 5.82 Å². The molecule has 1 atom stereocenters. The molecule has 0 radical (unpaired) electrons. The number of esters is 1. The lowest BCUT2D eigenvalue weighted by Gasteiger charge is -2.32. The van der Waals surface area contributed by atoms with Gasteiger partial charge in [-0.3, -0.25) is 0 Å². The van der Waals surface area contributed by atoms with E-state index in [1.807, 2.05) is 13.0 Å². The summed E-state index contributed by atoms with van der Waals surface area (Å²) in [7, 11) is 1.32. The first-order valence-corrected chi connectivity index (χ1v) is 6.44. The molecule has 0 aromatic carbocycles. The highest BCUT2D eigenvalue weighted by Crippen LogP contribution is 2.22. The number of nitrogens with zero attached hydrogens (tertiary/aromatic N) is 3. The number of hydrogen-bond acceptors (Lipinski definition) is 6. The van der Waals surface area contributed by atoms with Crippen molar-refractivity contribution in [1.82, 2.24) is 9.97 Å². The van der Waals surface area contributed by atoms with Crippen molar-refractivity contribution in [3.8, 4) is 0 Å². The molecule has 6 heteroatoms. The summed E-state index contributed by atoms with van der Waals surface area (Å²) in [6.07, 6.45) is 2.04. The molecule has 1 unspecified atom stereocenters. The van der Waals surface area contributed by atoms with Gasteiger partial charge in [0, 0.05) is 31.5 Å². The Morgan fingerprint density at radius 1 is 1.58 bits per heavy atom. The summed E-state index contributed by atoms with van der Waals surface area (Å²) in [5.74, 6) is 0.556. The van der Waals surface area contributed by atoms with Crippen LogP contribution < -0.4 is 4.90 Å². The van der Waals surface area contributed by atoms with Crippen LogP contribution in [0, 0.1) is 12.8 Å². The number of carbonyl (C=O) groups excluding carboxylic acids is 1. The molecule has 0 amide bonds. The van der Waals surface area contributed by atoms with Crippen molar-refractivity contribution in [1.29, 1.82) is 0 Å². The molecule has 0 spiro atoms. The maximum Gasteiger partial charge on any atom is 0.376 e. The molecule has 0 saturated carbocycles. The quantitative estimate of drug-likeness (QED) is 0.814. The Morgan fingerprint density at radius 3 is 3.05 bits per heavy atom. The highest BCUT2D eigenvalue weighted by molar-refractivity contribution is 5.85. The average molecular weight is 265 g/mol. The number of methoxy groups -OCH3 is 1. The Bertz CT molecular complexity index is 464. The fourth-order valence-corrected chi connectivity index (χ4v) is 2.32. The summed E-state index contributed by atoms with van der Waals surface area (Å²) in [6, 6.07) is 1.85. The maximum atomic E-state index is 11.5. The zero-order valence-electron chi connectivity index (χ0n) is 11.3. The number of aromatic nitrogens is 2. The summed E-state index contributed by atoms with van der Waals surface area (Å²) in [4.78, 5) is 21.9. The molecule has 0 bridgehead atoms. The van der Waals surface area contributed by atoms with E-state index in [1.54, 1.807) is 0 Å². The lowest BCUT2D eigenvalue weighted by molar-refractivity contribution is 0.0586. The van der Waals surface area contributed by atoms with E-state index in [0.717, 1.165) is 37.4 Å². The number of aliphatic hydroxyl groups excluding tert-OH is 1. The van der Waals surface area contributed by atoms with E-state index in [-0.39, 0.29) is 18.3 Å². The fraction of sp³-hybridized carbons (Fsp3) is 0.615. The van der Waals surface area contributed by atoms with Crippen LogP contribution in [0.25, 0.3) is 0 Å². The van der Waals surface area contributed by atoms with E-state index < -0.39 is 5.97 Å². The first-order chi connectivity index (χ1) is 9.13. The number of rotatable bonds is 3. The van der Waals surface area contributed by atoms with Crippen LogP contribution in [0.2, 0.25) is 0 Å². The first-order valence-electron chi connectivity index (χ1n) is 6.44. The van der Waals surface area contributed by atoms with Crippen molar-refractivity contribution in [3.05, 3.63) is 17.6 Å². The highest BCUT2D eigenvalue weighted by atomic mass is 16.5. The van der Waals surface area contributed by atoms with Gasteiger partial charge in [0.2, 0.25) is 5.82 Å². The summed E-state index contributed by atoms with van der Waals surface area (Å²) in [5, 5.41) is 9.26. The lowest BCUT2D eigenvalue weighted by atomic mass is 9.99. The number of ether oxygens (including phenoxy) is 1. The normalized spacial score (nSPS) is 19.3. The Kier molecular flexibility index (Phi) is 4.31. The van der Waals surface area contributed by atoms with Crippen LogP contribution in [-0.2, 0) is 4.74 Å². The smallest absolute Gasteiger partial charge is 0.376 e. The Labute approximate surface area is 112 Å². The third kappa shape index (κ3) is 3.20. The molecule has 2 rings (SSSR count). The second kappa shape index (κ2) is 5.97. The summed E-state index contributed by atoms with van der Waals surface area (Å²) in [5.41, 5.74) is 0.733. The van der Waals surface area contributed by atoms with Gasteiger partial charge in [-0.1, -0.05) is 0 Å². The Hall–Kier alpha value is -1.69. The molecule has 1 fully saturated rings. The molecule has 104 valence electrons. The first kappa shape index (κ1) is 13.7. The second-order valence-corrected chi connectivity index (χ2v) is 4.82. The van der Waals surface area contributed by atoms with Crippen LogP contribution in [-0.4, -0.2) is 47.8 Å². The zero-order valence-corrected chi connectivity index (χ0v) is 11.3. The third-order valence-corrected chi connectivity index (χ3v) is 3.31. The standard InChI is InChI=1S/C13H19N3O3/c1-9-6-11(15-12(14-9)13(18)19-2)16-5-3-4-10(7-16)8-17/h6,10,17H,3-5,7-8H2,1-2H3. The maximum absolute atomic E-state index is 11.5. The molecular weight excluding hydrogens is 246 g/mol. The molecule has 1 N–H and O–H groups in total. The van der Waals surface area contributed by atoms with Gasteiger partial charge in [-0.05, 0) is 25.7 Å². The second-order valence-electron chi connectivity index (χ2n) is 4.82. The molecule has 1 aromatic heterocycles. The van der Waals surface area contributed by atoms with E-state index in [4.69, 9.17) is 0 Å². The lowest BCUT2D eigenvalue weighted by Crippen LogP contribution is -2.37. The fourth-order valence-electron chi connectivity index (χ4n) is 2.32. The average Bonchev–Trinajstić information content (AvgIpc) is 2.45. The Morgan fingerprint density at radius 2 is 2.37 bits per heavy atom. The minimum Gasteiger partial charge on any atom is -0.463 e. The van der Waals surface area contributed by atoms with Gasteiger partial charge in [0.15, 0.2) is 0 Å². The van der Waals surface area contributed by atoms with E-state index in [1.165, 1.54) is 7.11 Å². The van der Waals surface area contributed by atoms with Gasteiger partial charge in [-0.2, -0.15) is 0 Å². The van der Waals surface area contributed by atoms with Gasteiger partial charge in [-0.15, -0.1) is 0 Å². The number of piperidine rings is 1. The molecule has 1 aliphatic heterocycles. The predicted molar refractivity (Wildman–Crippen MR) is 70.1 cm³/mol. The molecule has 19 heavy (non-hydrogen) atoms. The van der Waals surface area contributed by atoms with E-state index in [9.17, 15) is 9.90 Å². The van der Waals surface area contributed by atoms with Crippen LogP contribution in [0.3, 0.4) is 0 Å². The number of aryl methyl sites for hydroxylation is 1. The van der Waals surface area contributed by atoms with E-state index >= 15 is 0 Å². The Balaban J connectivity index is 2.24. The van der Waals surface area contributed by atoms with Gasteiger partial charge < -0.3 is 14.7 Å². The highest BCUT2D eigenvalue weighted by Gasteiger charge is 2.22. The van der Waals surface area contributed by atoms with Crippen molar-refractivity contribution in [2.75, 3.05) is 31.7 Å². The molecule has 1 aromatic rings. The minimum absolute atomic E-state index is 0.0867. The summed E-state index contributed by atoms with van der Waals surface area (Å²) >= 11 is 0. The third-order valence-electron chi connectivity index (χ3n) is 3.31. The molecule has 1 aliphatic rings. The number of carbonyl (C=O) groups is 1. The van der Waals surface area contributed by atoms with Crippen LogP contribution in [0.5, 0.6) is 0 Å². The molecule has 0 aliphatic carbocycles. The molecule has 1 saturated heterocycles. The molecule has 2 heterocycles. The van der Waals surface area contributed by atoms with Crippen LogP contribution >= 0.6 is 0 Å². The largest absolute Gasteiger partial charge is 0.463 e. The van der Waals surface area contributed by atoms with E-state index in [2.05, 4.69) is 19.6 Å². The monoisotopic (exact) mass is 265 g/mol. The SMILES string of the molecule is COC(=O)c1nc(C)cc(N2CCCC(CO)C2)n1. The van der Waals surface area contributed by atoms with Crippen molar-refractivity contribution in [2.24, 2.45) is 5.92 Å². The molecule has 6 nitrogen and oxygen atoms in total. The van der Waals surface area contributed by atoms with Gasteiger partial charge in [0.25, 0.3) is 0 Å². The van der Waals surface area contributed by atoms with Gasteiger partial charge >= 0.3 is 5.97 Å². The summed E-state index contributed by atoms with van der Waals surface area (Å²) < 4.78 is 4.65. The van der Waals surface area contributed by atoms with Gasteiger partial charge in [-0.25, -0.2) is 14.8 Å². The van der Waals surface area contributed by atoms with Crippen LogP contribution in [0.4, 0.5) is 5.82 Å².